The highest BCUT2D eigenvalue weighted by Crippen LogP contribution is 2.32. The number of benzene rings is 2. The van der Waals surface area contributed by atoms with Crippen LogP contribution in [0.3, 0.4) is 0 Å². The van der Waals surface area contributed by atoms with Crippen LogP contribution in [0.5, 0.6) is 5.75 Å². The van der Waals surface area contributed by atoms with Gasteiger partial charge in [0, 0.05) is 21.6 Å². The minimum atomic E-state index is -0.815. The SMILES string of the molecule is COc1ccc([C@@H](C(=O)NC2CCCC2)N(C(=O)Cc2cccs2)c2ccc(Cl)cc2)cc1. The second-order valence-corrected chi connectivity index (χ2v) is 9.63. The molecule has 1 aliphatic carbocycles. The van der Waals surface area contributed by atoms with Crippen LogP contribution in [0.1, 0.15) is 42.2 Å². The number of rotatable bonds is 8. The van der Waals surface area contributed by atoms with Gasteiger partial charge in [-0.25, -0.2) is 0 Å². The van der Waals surface area contributed by atoms with Crippen molar-refractivity contribution in [2.24, 2.45) is 0 Å². The van der Waals surface area contributed by atoms with Crippen LogP contribution < -0.4 is 15.0 Å². The number of hydrogen-bond acceptors (Lipinski definition) is 4. The number of carbonyl (C=O) groups excluding carboxylic acids is 2. The fraction of sp³-hybridized carbons (Fsp3) is 0.308. The summed E-state index contributed by atoms with van der Waals surface area (Å²) in [5, 5.41) is 5.71. The number of carbonyl (C=O) groups is 2. The van der Waals surface area contributed by atoms with Crippen molar-refractivity contribution < 1.29 is 14.3 Å². The summed E-state index contributed by atoms with van der Waals surface area (Å²) in [4.78, 5) is 29.9. The highest BCUT2D eigenvalue weighted by atomic mass is 35.5. The molecular weight excluding hydrogens is 456 g/mol. The molecule has 7 heteroatoms. The van der Waals surface area contributed by atoms with E-state index in [4.69, 9.17) is 16.3 Å². The number of amides is 2. The van der Waals surface area contributed by atoms with E-state index in [2.05, 4.69) is 5.32 Å². The predicted molar refractivity (Wildman–Crippen MR) is 133 cm³/mol. The molecular formula is C26H27ClN2O3S. The largest absolute Gasteiger partial charge is 0.497 e. The molecule has 0 aliphatic heterocycles. The average molecular weight is 483 g/mol. The molecule has 5 nitrogen and oxygen atoms in total. The van der Waals surface area contributed by atoms with Crippen LogP contribution in [0, 0.1) is 0 Å². The second-order valence-electron chi connectivity index (χ2n) is 8.16. The third kappa shape index (κ3) is 5.75. The molecule has 1 heterocycles. The van der Waals surface area contributed by atoms with Gasteiger partial charge in [-0.05, 0) is 66.2 Å². The molecule has 1 N–H and O–H groups in total. The number of hydrogen-bond donors (Lipinski definition) is 1. The van der Waals surface area contributed by atoms with Crippen LogP contribution in [0.2, 0.25) is 5.02 Å². The van der Waals surface area contributed by atoms with Gasteiger partial charge in [0.05, 0.1) is 13.5 Å². The lowest BCUT2D eigenvalue weighted by Crippen LogP contribution is -2.46. The summed E-state index contributed by atoms with van der Waals surface area (Å²) in [7, 11) is 1.60. The Hall–Kier alpha value is -2.83. The summed E-state index contributed by atoms with van der Waals surface area (Å²) in [6, 6.07) is 17.6. The van der Waals surface area contributed by atoms with Crippen LogP contribution >= 0.6 is 22.9 Å². The van der Waals surface area contributed by atoms with E-state index in [1.54, 1.807) is 36.3 Å². The standard InChI is InChI=1S/C26H27ClN2O3S/c1-32-22-14-8-18(9-15-22)25(26(31)28-20-5-2-3-6-20)29(21-12-10-19(27)11-13-21)24(30)17-23-7-4-16-33-23/h4,7-16,20,25H,2-3,5-6,17H2,1H3,(H,28,31)/t25-/m0/s1. The topological polar surface area (TPSA) is 58.6 Å². The summed E-state index contributed by atoms with van der Waals surface area (Å²) >= 11 is 7.65. The molecule has 172 valence electrons. The number of methoxy groups -OCH3 is 1. The molecule has 4 rings (SSSR count). The molecule has 0 spiro atoms. The van der Waals surface area contributed by atoms with Crippen molar-refractivity contribution in [2.45, 2.75) is 44.2 Å². The fourth-order valence-electron chi connectivity index (χ4n) is 4.24. The van der Waals surface area contributed by atoms with E-state index >= 15 is 0 Å². The van der Waals surface area contributed by atoms with E-state index in [9.17, 15) is 9.59 Å². The number of nitrogens with zero attached hydrogens (tertiary/aromatic N) is 1. The maximum absolute atomic E-state index is 13.7. The monoisotopic (exact) mass is 482 g/mol. The Morgan fingerprint density at radius 3 is 2.39 bits per heavy atom. The van der Waals surface area contributed by atoms with Crippen molar-refractivity contribution in [1.82, 2.24) is 5.32 Å². The maximum Gasteiger partial charge on any atom is 0.248 e. The van der Waals surface area contributed by atoms with E-state index in [-0.39, 0.29) is 24.3 Å². The van der Waals surface area contributed by atoms with Gasteiger partial charge in [0.1, 0.15) is 11.8 Å². The van der Waals surface area contributed by atoms with Crippen LogP contribution in [0.25, 0.3) is 0 Å². The smallest absolute Gasteiger partial charge is 0.248 e. The van der Waals surface area contributed by atoms with Gasteiger partial charge in [0.15, 0.2) is 0 Å². The average Bonchev–Trinajstić information content (AvgIpc) is 3.53. The number of nitrogens with one attached hydrogen (secondary N) is 1. The predicted octanol–water partition coefficient (Wildman–Crippen LogP) is 5.79. The molecule has 1 saturated carbocycles. The van der Waals surface area contributed by atoms with Gasteiger partial charge in [-0.2, -0.15) is 0 Å². The van der Waals surface area contributed by atoms with Crippen LogP contribution in [0.4, 0.5) is 5.69 Å². The summed E-state index contributed by atoms with van der Waals surface area (Å²) < 4.78 is 5.30. The summed E-state index contributed by atoms with van der Waals surface area (Å²) in [6.07, 6.45) is 4.35. The Bertz CT molecular complexity index is 1060. The molecule has 1 aromatic heterocycles. The third-order valence-corrected chi connectivity index (χ3v) is 7.05. The molecule has 0 unspecified atom stereocenters. The quantitative estimate of drug-likeness (QED) is 0.442. The molecule has 1 fully saturated rings. The van der Waals surface area contributed by atoms with Crippen molar-refractivity contribution in [3.05, 3.63) is 81.5 Å². The first-order chi connectivity index (χ1) is 16.0. The van der Waals surface area contributed by atoms with Crippen LogP contribution in [-0.4, -0.2) is 25.0 Å². The first kappa shape index (κ1) is 23.3. The molecule has 0 bridgehead atoms. The molecule has 2 aromatic carbocycles. The Kier molecular flexibility index (Phi) is 7.68. The molecule has 2 amide bonds. The van der Waals surface area contributed by atoms with Gasteiger partial charge in [0.2, 0.25) is 11.8 Å². The Morgan fingerprint density at radius 1 is 1.09 bits per heavy atom. The second kappa shape index (κ2) is 10.9. The molecule has 1 atom stereocenters. The van der Waals surface area contributed by atoms with Crippen molar-refractivity contribution in [3.8, 4) is 5.75 Å². The van der Waals surface area contributed by atoms with E-state index in [1.165, 1.54) is 11.3 Å². The van der Waals surface area contributed by atoms with E-state index < -0.39 is 6.04 Å². The molecule has 0 radical (unpaired) electrons. The van der Waals surface area contributed by atoms with Crippen LogP contribution in [-0.2, 0) is 16.0 Å². The number of halogens is 1. The number of ether oxygens (including phenoxy) is 1. The Morgan fingerprint density at radius 2 is 1.79 bits per heavy atom. The highest BCUT2D eigenvalue weighted by molar-refractivity contribution is 7.10. The van der Waals surface area contributed by atoms with Gasteiger partial charge < -0.3 is 10.1 Å². The first-order valence-electron chi connectivity index (χ1n) is 11.1. The van der Waals surface area contributed by atoms with Crippen molar-refractivity contribution in [3.63, 3.8) is 0 Å². The first-order valence-corrected chi connectivity index (χ1v) is 12.4. The summed E-state index contributed by atoms with van der Waals surface area (Å²) in [5.41, 5.74) is 1.35. The Labute approximate surface area is 203 Å². The molecule has 3 aromatic rings. The zero-order chi connectivity index (χ0) is 23.2. The van der Waals surface area contributed by atoms with Crippen molar-refractivity contribution >= 4 is 40.4 Å². The van der Waals surface area contributed by atoms with Gasteiger partial charge in [0.25, 0.3) is 0 Å². The normalized spacial score (nSPS) is 14.6. The maximum atomic E-state index is 13.7. The molecule has 0 saturated heterocycles. The summed E-state index contributed by atoms with van der Waals surface area (Å²) in [5.74, 6) is 0.361. The third-order valence-electron chi connectivity index (χ3n) is 5.92. The molecule has 1 aliphatic rings. The van der Waals surface area contributed by atoms with Gasteiger partial charge in [-0.15, -0.1) is 11.3 Å². The lowest BCUT2D eigenvalue weighted by molar-refractivity contribution is -0.127. The highest BCUT2D eigenvalue weighted by Gasteiger charge is 2.34. The number of thiophene rings is 1. The minimum absolute atomic E-state index is 0.137. The lowest BCUT2D eigenvalue weighted by atomic mass is 10.0. The zero-order valence-electron chi connectivity index (χ0n) is 18.5. The minimum Gasteiger partial charge on any atom is -0.497 e. The van der Waals surface area contributed by atoms with Gasteiger partial charge in [-0.3, -0.25) is 14.5 Å². The fourth-order valence-corrected chi connectivity index (χ4v) is 5.06. The van der Waals surface area contributed by atoms with E-state index in [0.29, 0.717) is 16.5 Å². The zero-order valence-corrected chi connectivity index (χ0v) is 20.1. The van der Waals surface area contributed by atoms with Gasteiger partial charge in [-0.1, -0.05) is 42.6 Å². The lowest BCUT2D eigenvalue weighted by Gasteiger charge is -2.32. The number of anilines is 1. The van der Waals surface area contributed by atoms with Crippen LogP contribution in [0.15, 0.2) is 66.0 Å². The Balaban J connectivity index is 1.75. The molecule has 33 heavy (non-hydrogen) atoms. The summed E-state index contributed by atoms with van der Waals surface area (Å²) in [6.45, 7) is 0. The van der Waals surface area contributed by atoms with E-state index in [1.807, 2.05) is 41.8 Å². The van der Waals surface area contributed by atoms with Crippen molar-refractivity contribution in [2.75, 3.05) is 12.0 Å². The van der Waals surface area contributed by atoms with E-state index in [0.717, 1.165) is 36.1 Å². The van der Waals surface area contributed by atoms with Crippen molar-refractivity contribution in [1.29, 1.82) is 0 Å². The van der Waals surface area contributed by atoms with Gasteiger partial charge >= 0.3 is 0 Å².